The monoisotopic (exact) mass is 409 g/mol. The van der Waals surface area contributed by atoms with Crippen LogP contribution < -0.4 is 10.5 Å². The van der Waals surface area contributed by atoms with E-state index in [0.717, 1.165) is 22.4 Å². The zero-order valence-electron chi connectivity index (χ0n) is 15.4. The molecule has 4 rings (SSSR count). The van der Waals surface area contributed by atoms with Crippen LogP contribution in [0.2, 0.25) is 0 Å². The summed E-state index contributed by atoms with van der Waals surface area (Å²) in [6, 6.07) is 17.6. The van der Waals surface area contributed by atoms with Gasteiger partial charge in [0.15, 0.2) is 5.65 Å². The molecule has 148 valence electrons. The van der Waals surface area contributed by atoms with Gasteiger partial charge in [0.2, 0.25) is 10.0 Å². The highest BCUT2D eigenvalue weighted by atomic mass is 32.2. The van der Waals surface area contributed by atoms with Gasteiger partial charge in [-0.15, -0.1) is 5.10 Å². The number of hydrogen-bond donors (Lipinski definition) is 3. The maximum absolute atomic E-state index is 11.3. The first kappa shape index (κ1) is 19.1. The largest absolute Gasteiger partial charge is 0.392 e. The van der Waals surface area contributed by atoms with Gasteiger partial charge in [0.25, 0.3) is 0 Å². The van der Waals surface area contributed by atoms with E-state index in [1.54, 1.807) is 22.8 Å². The number of anilines is 1. The van der Waals surface area contributed by atoms with Crippen molar-refractivity contribution in [2.75, 3.05) is 5.32 Å². The fourth-order valence-electron chi connectivity index (χ4n) is 2.98. The van der Waals surface area contributed by atoms with Crippen LogP contribution in [0.15, 0.2) is 71.8 Å². The van der Waals surface area contributed by atoms with Gasteiger partial charge in [0, 0.05) is 12.1 Å². The van der Waals surface area contributed by atoms with Gasteiger partial charge in [-0.2, -0.15) is 0 Å². The third kappa shape index (κ3) is 4.11. The molecule has 0 aliphatic carbocycles. The van der Waals surface area contributed by atoms with Crippen LogP contribution in [0.1, 0.15) is 11.1 Å². The van der Waals surface area contributed by atoms with Gasteiger partial charge in [0.1, 0.15) is 5.82 Å². The number of primary sulfonamides is 1. The van der Waals surface area contributed by atoms with Crippen molar-refractivity contribution < 1.29 is 13.5 Å². The summed E-state index contributed by atoms with van der Waals surface area (Å²) in [6.07, 6.45) is 1.74. The zero-order valence-corrected chi connectivity index (χ0v) is 16.2. The van der Waals surface area contributed by atoms with E-state index in [1.165, 1.54) is 12.1 Å². The molecule has 2 aromatic carbocycles. The first-order valence-corrected chi connectivity index (χ1v) is 10.4. The van der Waals surface area contributed by atoms with E-state index < -0.39 is 10.0 Å². The van der Waals surface area contributed by atoms with Gasteiger partial charge < -0.3 is 10.4 Å². The molecule has 0 bridgehead atoms. The molecule has 29 heavy (non-hydrogen) atoms. The lowest BCUT2D eigenvalue weighted by Crippen LogP contribution is -2.12. The Morgan fingerprint density at radius 2 is 1.83 bits per heavy atom. The molecule has 9 heteroatoms. The minimum atomic E-state index is -3.70. The van der Waals surface area contributed by atoms with Crippen molar-refractivity contribution in [3.8, 4) is 11.3 Å². The van der Waals surface area contributed by atoms with E-state index >= 15 is 0 Å². The molecule has 0 radical (unpaired) electrons. The Morgan fingerprint density at radius 3 is 2.55 bits per heavy atom. The van der Waals surface area contributed by atoms with Gasteiger partial charge in [-0.25, -0.2) is 23.1 Å². The number of aliphatic hydroxyl groups excluding tert-OH is 1. The fraction of sp³-hybridized carbons (Fsp3) is 0.100. The first-order valence-electron chi connectivity index (χ1n) is 8.84. The summed E-state index contributed by atoms with van der Waals surface area (Å²) in [5, 5.41) is 22.3. The second-order valence-electron chi connectivity index (χ2n) is 6.53. The van der Waals surface area contributed by atoms with Crippen molar-refractivity contribution in [3.05, 3.63) is 78.0 Å². The van der Waals surface area contributed by atoms with Crippen LogP contribution in [0.25, 0.3) is 16.9 Å². The van der Waals surface area contributed by atoms with Gasteiger partial charge in [-0.3, -0.25) is 0 Å². The SMILES string of the molecule is NS(=O)(=O)c1ccc(CNc2ccc3ncc(-c4cccc(CO)c4)n3n2)cc1. The van der Waals surface area contributed by atoms with Crippen LogP contribution >= 0.6 is 0 Å². The summed E-state index contributed by atoms with van der Waals surface area (Å²) < 4.78 is 24.4. The standard InChI is InChI=1S/C20H19N5O3S/c21-29(27,28)17-6-4-14(5-7-17)11-22-19-8-9-20-23-12-18(25(20)24-19)16-3-1-2-15(10-16)13-26/h1-10,12,26H,11,13H2,(H,22,24)(H2,21,27,28). The Hall–Kier alpha value is -3.27. The van der Waals surface area contributed by atoms with Crippen molar-refractivity contribution in [2.24, 2.45) is 5.14 Å². The quantitative estimate of drug-likeness (QED) is 0.448. The Labute approximate surface area is 167 Å². The molecule has 4 N–H and O–H groups in total. The molecule has 0 atom stereocenters. The van der Waals surface area contributed by atoms with E-state index in [0.29, 0.717) is 18.0 Å². The third-order valence-corrected chi connectivity index (χ3v) is 5.42. The molecule has 8 nitrogen and oxygen atoms in total. The lowest BCUT2D eigenvalue weighted by molar-refractivity contribution is 0.282. The normalized spacial score (nSPS) is 11.7. The summed E-state index contributed by atoms with van der Waals surface area (Å²) in [4.78, 5) is 4.46. The highest BCUT2D eigenvalue weighted by Crippen LogP contribution is 2.22. The van der Waals surface area contributed by atoms with Crippen molar-refractivity contribution in [1.29, 1.82) is 0 Å². The highest BCUT2D eigenvalue weighted by Gasteiger charge is 2.09. The van der Waals surface area contributed by atoms with E-state index in [2.05, 4.69) is 15.4 Å². The summed E-state index contributed by atoms with van der Waals surface area (Å²) in [6.45, 7) is 0.433. The molecule has 0 fully saturated rings. The predicted molar refractivity (Wildman–Crippen MR) is 109 cm³/mol. The number of nitrogens with one attached hydrogen (secondary N) is 1. The number of aliphatic hydroxyl groups is 1. The van der Waals surface area contributed by atoms with Crippen LogP contribution in [0.4, 0.5) is 5.82 Å². The lowest BCUT2D eigenvalue weighted by Gasteiger charge is -2.08. The highest BCUT2D eigenvalue weighted by molar-refractivity contribution is 7.89. The van der Waals surface area contributed by atoms with Gasteiger partial charge >= 0.3 is 0 Å². The minimum Gasteiger partial charge on any atom is -0.392 e. The summed E-state index contributed by atoms with van der Waals surface area (Å²) >= 11 is 0. The van der Waals surface area contributed by atoms with Crippen LogP contribution in [-0.2, 0) is 23.2 Å². The number of nitrogens with zero attached hydrogens (tertiary/aromatic N) is 3. The van der Waals surface area contributed by atoms with Crippen LogP contribution in [-0.4, -0.2) is 28.1 Å². The second-order valence-corrected chi connectivity index (χ2v) is 8.09. The van der Waals surface area contributed by atoms with Crippen molar-refractivity contribution in [1.82, 2.24) is 14.6 Å². The molecule has 0 aliphatic heterocycles. The first-order chi connectivity index (χ1) is 13.9. The van der Waals surface area contributed by atoms with E-state index in [9.17, 15) is 13.5 Å². The van der Waals surface area contributed by atoms with Crippen LogP contribution in [0.3, 0.4) is 0 Å². The Morgan fingerprint density at radius 1 is 1.03 bits per heavy atom. The summed E-state index contributed by atoms with van der Waals surface area (Å²) in [5.74, 6) is 0.644. The molecular formula is C20H19N5O3S. The zero-order chi connectivity index (χ0) is 20.4. The van der Waals surface area contributed by atoms with Crippen LogP contribution in [0, 0.1) is 0 Å². The topological polar surface area (TPSA) is 123 Å². The Bertz CT molecular complexity index is 1270. The van der Waals surface area contributed by atoms with Crippen molar-refractivity contribution in [2.45, 2.75) is 18.0 Å². The molecule has 0 saturated heterocycles. The van der Waals surface area contributed by atoms with Gasteiger partial charge in [-0.1, -0.05) is 30.3 Å². The maximum atomic E-state index is 11.3. The average molecular weight is 409 g/mol. The van der Waals surface area contributed by atoms with Crippen molar-refractivity contribution in [3.63, 3.8) is 0 Å². The second kappa shape index (κ2) is 7.63. The molecule has 2 heterocycles. The maximum Gasteiger partial charge on any atom is 0.238 e. The molecular weight excluding hydrogens is 390 g/mol. The minimum absolute atomic E-state index is 0.0327. The molecule has 0 unspecified atom stereocenters. The number of hydrogen-bond acceptors (Lipinski definition) is 6. The smallest absolute Gasteiger partial charge is 0.238 e. The van der Waals surface area contributed by atoms with Crippen molar-refractivity contribution >= 4 is 21.5 Å². The number of benzene rings is 2. The molecule has 0 saturated carbocycles. The number of fused-ring (bicyclic) bond motifs is 1. The number of aromatic nitrogens is 3. The summed E-state index contributed by atoms with van der Waals surface area (Å²) in [7, 11) is -3.70. The molecule has 0 spiro atoms. The van der Waals surface area contributed by atoms with E-state index in [-0.39, 0.29) is 11.5 Å². The molecule has 0 aliphatic rings. The fourth-order valence-corrected chi connectivity index (χ4v) is 3.50. The molecule has 2 aromatic heterocycles. The van der Waals surface area contributed by atoms with E-state index in [1.807, 2.05) is 36.4 Å². The lowest BCUT2D eigenvalue weighted by atomic mass is 10.1. The number of rotatable bonds is 6. The average Bonchev–Trinajstić information content (AvgIpc) is 3.15. The number of nitrogens with two attached hydrogens (primary N) is 1. The third-order valence-electron chi connectivity index (χ3n) is 4.49. The number of sulfonamides is 1. The van der Waals surface area contributed by atoms with Gasteiger partial charge in [-0.05, 0) is 41.5 Å². The van der Waals surface area contributed by atoms with E-state index in [4.69, 9.17) is 5.14 Å². The van der Waals surface area contributed by atoms with Gasteiger partial charge in [0.05, 0.1) is 23.4 Å². The Balaban J connectivity index is 1.57. The van der Waals surface area contributed by atoms with Crippen LogP contribution in [0.5, 0.6) is 0 Å². The Kier molecular flexibility index (Phi) is 5.01. The summed E-state index contributed by atoms with van der Waals surface area (Å²) in [5.41, 5.74) is 4.14. The molecule has 0 amide bonds. The molecule has 4 aromatic rings. The predicted octanol–water partition coefficient (Wildman–Crippen LogP) is 2.15. The number of imidazole rings is 1.